The van der Waals surface area contributed by atoms with Gasteiger partial charge in [0.2, 0.25) is 0 Å². The molecule has 18 heavy (non-hydrogen) atoms. The van der Waals surface area contributed by atoms with Crippen LogP contribution in [0.25, 0.3) is 10.9 Å². The fourth-order valence-electron chi connectivity index (χ4n) is 2.19. The first-order valence-electron chi connectivity index (χ1n) is 6.16. The van der Waals surface area contributed by atoms with E-state index in [2.05, 4.69) is 16.8 Å². The quantitative estimate of drug-likeness (QED) is 0.835. The fourth-order valence-corrected chi connectivity index (χ4v) is 2.19. The number of fused-ring (bicyclic) bond motifs is 1. The molecular weight excluding hydrogens is 226 g/mol. The van der Waals surface area contributed by atoms with E-state index in [9.17, 15) is 4.79 Å². The molecule has 4 heteroatoms. The lowest BCUT2D eigenvalue weighted by atomic mass is 10.2. The Labute approximate surface area is 105 Å². The number of nitrogens with zero attached hydrogens (tertiary/aromatic N) is 2. The zero-order valence-corrected chi connectivity index (χ0v) is 10.1. The lowest BCUT2D eigenvalue weighted by Gasteiger charge is -2.19. The lowest BCUT2D eigenvalue weighted by Crippen LogP contribution is -2.33. The van der Waals surface area contributed by atoms with Crippen molar-refractivity contribution in [2.45, 2.75) is 18.9 Å². The Morgan fingerprint density at radius 1 is 1.50 bits per heavy atom. The van der Waals surface area contributed by atoms with Crippen LogP contribution < -0.4 is 0 Å². The number of amides is 1. The van der Waals surface area contributed by atoms with E-state index in [0.717, 1.165) is 23.7 Å². The minimum atomic E-state index is -0.00477. The number of hydrogen-bond donors (Lipinski definition) is 1. The molecular formula is C14H15N3O. The summed E-state index contributed by atoms with van der Waals surface area (Å²) in [5, 5.41) is 7.95. The van der Waals surface area contributed by atoms with Gasteiger partial charge in [-0.1, -0.05) is 24.3 Å². The number of H-pyrrole nitrogens is 1. The van der Waals surface area contributed by atoms with E-state index in [1.807, 2.05) is 29.2 Å². The van der Waals surface area contributed by atoms with E-state index in [0.29, 0.717) is 18.3 Å². The van der Waals surface area contributed by atoms with Crippen molar-refractivity contribution in [2.75, 3.05) is 6.54 Å². The smallest absolute Gasteiger partial charge is 0.275 e. The van der Waals surface area contributed by atoms with Crippen molar-refractivity contribution >= 4 is 16.8 Å². The van der Waals surface area contributed by atoms with Gasteiger partial charge in [0, 0.05) is 18.0 Å². The summed E-state index contributed by atoms with van der Waals surface area (Å²) in [7, 11) is 0. The van der Waals surface area contributed by atoms with E-state index < -0.39 is 0 Å². The largest absolute Gasteiger partial charge is 0.331 e. The third-order valence-electron chi connectivity index (χ3n) is 3.25. The average molecular weight is 241 g/mol. The van der Waals surface area contributed by atoms with Crippen LogP contribution in [0, 0.1) is 0 Å². The zero-order valence-electron chi connectivity index (χ0n) is 10.1. The number of para-hydroxylation sites is 1. The average Bonchev–Trinajstić information content (AvgIpc) is 3.14. The first kappa shape index (κ1) is 11.0. The van der Waals surface area contributed by atoms with Gasteiger partial charge in [-0.2, -0.15) is 5.10 Å². The summed E-state index contributed by atoms with van der Waals surface area (Å²) in [5.41, 5.74) is 1.41. The van der Waals surface area contributed by atoms with Crippen LogP contribution in [-0.4, -0.2) is 33.6 Å². The minimum absolute atomic E-state index is 0.00477. The molecule has 0 atom stereocenters. The standard InChI is InChI=1S/C14H15N3O/c1-2-9-17(10-7-8-10)14(18)13-11-5-3-4-6-12(11)15-16-13/h2-6,10H,1,7-9H2,(H,15,16). The van der Waals surface area contributed by atoms with Gasteiger partial charge in [0.1, 0.15) is 0 Å². The molecule has 0 bridgehead atoms. The summed E-state index contributed by atoms with van der Waals surface area (Å²) in [5.74, 6) is -0.00477. The van der Waals surface area contributed by atoms with Crippen molar-refractivity contribution in [1.29, 1.82) is 0 Å². The van der Waals surface area contributed by atoms with Crippen LogP contribution in [0.5, 0.6) is 0 Å². The molecule has 0 saturated heterocycles. The van der Waals surface area contributed by atoms with E-state index >= 15 is 0 Å². The molecule has 0 unspecified atom stereocenters. The lowest BCUT2D eigenvalue weighted by molar-refractivity contribution is 0.0758. The number of carbonyl (C=O) groups excluding carboxylic acids is 1. The molecule has 0 spiro atoms. The van der Waals surface area contributed by atoms with Gasteiger partial charge in [-0.15, -0.1) is 6.58 Å². The van der Waals surface area contributed by atoms with E-state index in [4.69, 9.17) is 0 Å². The van der Waals surface area contributed by atoms with Crippen LogP contribution in [-0.2, 0) is 0 Å². The normalized spacial score (nSPS) is 14.7. The highest BCUT2D eigenvalue weighted by Crippen LogP contribution is 2.29. The predicted octanol–water partition coefficient (Wildman–Crippen LogP) is 2.35. The maximum Gasteiger partial charge on any atom is 0.275 e. The Morgan fingerprint density at radius 2 is 2.28 bits per heavy atom. The molecule has 0 aliphatic heterocycles. The number of benzene rings is 1. The molecule has 1 aromatic carbocycles. The maximum absolute atomic E-state index is 12.5. The molecule has 3 rings (SSSR count). The van der Waals surface area contributed by atoms with Gasteiger partial charge >= 0.3 is 0 Å². The Bertz CT molecular complexity index is 598. The highest BCUT2D eigenvalue weighted by molar-refractivity contribution is 6.04. The Hall–Kier alpha value is -2.10. The summed E-state index contributed by atoms with van der Waals surface area (Å²) in [6, 6.07) is 8.06. The second kappa shape index (κ2) is 4.29. The molecule has 1 aromatic heterocycles. The Morgan fingerprint density at radius 3 is 3.00 bits per heavy atom. The molecule has 92 valence electrons. The van der Waals surface area contributed by atoms with Crippen molar-refractivity contribution in [1.82, 2.24) is 15.1 Å². The molecule has 1 amide bonds. The van der Waals surface area contributed by atoms with Crippen LogP contribution in [0.15, 0.2) is 36.9 Å². The van der Waals surface area contributed by atoms with E-state index in [1.165, 1.54) is 0 Å². The highest BCUT2D eigenvalue weighted by atomic mass is 16.2. The SMILES string of the molecule is C=CCN(C(=O)c1n[nH]c2ccccc12)C1CC1. The monoisotopic (exact) mass is 241 g/mol. The third-order valence-corrected chi connectivity index (χ3v) is 3.25. The molecule has 0 radical (unpaired) electrons. The molecule has 1 N–H and O–H groups in total. The zero-order chi connectivity index (χ0) is 12.5. The van der Waals surface area contributed by atoms with Gasteiger partial charge in [-0.25, -0.2) is 0 Å². The van der Waals surface area contributed by atoms with Gasteiger partial charge in [0.25, 0.3) is 5.91 Å². The number of rotatable bonds is 4. The van der Waals surface area contributed by atoms with Crippen LogP contribution in [0.1, 0.15) is 23.3 Å². The summed E-state index contributed by atoms with van der Waals surface area (Å²) >= 11 is 0. The van der Waals surface area contributed by atoms with E-state index in [-0.39, 0.29) is 5.91 Å². The Kier molecular flexibility index (Phi) is 2.63. The van der Waals surface area contributed by atoms with Crippen molar-refractivity contribution in [2.24, 2.45) is 0 Å². The maximum atomic E-state index is 12.5. The molecule has 1 aliphatic rings. The molecule has 2 aromatic rings. The van der Waals surface area contributed by atoms with Gasteiger partial charge in [0.05, 0.1) is 5.52 Å². The van der Waals surface area contributed by atoms with Crippen LogP contribution >= 0.6 is 0 Å². The predicted molar refractivity (Wildman–Crippen MR) is 70.3 cm³/mol. The molecule has 1 saturated carbocycles. The van der Waals surface area contributed by atoms with Gasteiger partial charge < -0.3 is 4.90 Å². The molecule has 1 aliphatic carbocycles. The second-order valence-electron chi connectivity index (χ2n) is 4.60. The van der Waals surface area contributed by atoms with E-state index in [1.54, 1.807) is 6.08 Å². The third kappa shape index (κ3) is 1.79. The highest BCUT2D eigenvalue weighted by Gasteiger charge is 2.33. The molecule has 1 fully saturated rings. The first-order valence-corrected chi connectivity index (χ1v) is 6.16. The minimum Gasteiger partial charge on any atom is -0.331 e. The Balaban J connectivity index is 1.97. The number of nitrogens with one attached hydrogen (secondary N) is 1. The molecule has 4 nitrogen and oxygen atoms in total. The van der Waals surface area contributed by atoms with Crippen molar-refractivity contribution in [3.8, 4) is 0 Å². The van der Waals surface area contributed by atoms with Crippen LogP contribution in [0.2, 0.25) is 0 Å². The summed E-state index contributed by atoms with van der Waals surface area (Å²) < 4.78 is 0. The van der Waals surface area contributed by atoms with Crippen molar-refractivity contribution in [3.63, 3.8) is 0 Å². The number of hydrogen-bond acceptors (Lipinski definition) is 2. The summed E-state index contributed by atoms with van der Waals surface area (Å²) in [6.45, 7) is 4.30. The van der Waals surface area contributed by atoms with Gasteiger partial charge in [0.15, 0.2) is 5.69 Å². The number of carbonyl (C=O) groups is 1. The summed E-state index contributed by atoms with van der Waals surface area (Å²) in [6.07, 6.45) is 3.94. The second-order valence-corrected chi connectivity index (χ2v) is 4.60. The number of aromatic nitrogens is 2. The molecule has 1 heterocycles. The topological polar surface area (TPSA) is 49.0 Å². The van der Waals surface area contributed by atoms with Crippen LogP contribution in [0.3, 0.4) is 0 Å². The fraction of sp³-hybridized carbons (Fsp3) is 0.286. The number of aromatic amines is 1. The van der Waals surface area contributed by atoms with Crippen molar-refractivity contribution < 1.29 is 4.79 Å². The van der Waals surface area contributed by atoms with Crippen molar-refractivity contribution in [3.05, 3.63) is 42.6 Å². The summed E-state index contributed by atoms with van der Waals surface area (Å²) in [4.78, 5) is 14.3. The first-order chi connectivity index (χ1) is 8.81. The van der Waals surface area contributed by atoms with Gasteiger partial charge in [-0.3, -0.25) is 9.89 Å². The van der Waals surface area contributed by atoms with Crippen LogP contribution in [0.4, 0.5) is 0 Å². The van der Waals surface area contributed by atoms with Gasteiger partial charge in [-0.05, 0) is 18.9 Å².